The molecule has 2 heterocycles. The number of hydrogen-bond donors (Lipinski definition) is 0. The third-order valence-corrected chi connectivity index (χ3v) is 4.95. The summed E-state index contributed by atoms with van der Waals surface area (Å²) in [6, 6.07) is 5.93. The highest BCUT2D eigenvalue weighted by Gasteiger charge is 2.35. The monoisotopic (exact) mass is 315 g/mol. The SMILES string of the molecule is Cc1ccc(-n2ncc(C(=O)N3CCC3)c2C2CC2)cc1Cl. The van der Waals surface area contributed by atoms with Crippen LogP contribution in [0, 0.1) is 6.92 Å². The van der Waals surface area contributed by atoms with Gasteiger partial charge in [-0.2, -0.15) is 5.10 Å². The van der Waals surface area contributed by atoms with E-state index in [1.165, 1.54) is 0 Å². The molecule has 22 heavy (non-hydrogen) atoms. The Hall–Kier alpha value is -1.81. The normalized spacial score (nSPS) is 17.5. The summed E-state index contributed by atoms with van der Waals surface area (Å²) in [7, 11) is 0. The maximum absolute atomic E-state index is 12.6. The van der Waals surface area contributed by atoms with Gasteiger partial charge in [0, 0.05) is 24.0 Å². The summed E-state index contributed by atoms with van der Waals surface area (Å²) < 4.78 is 1.90. The molecule has 0 radical (unpaired) electrons. The van der Waals surface area contributed by atoms with Crippen LogP contribution in [0.15, 0.2) is 24.4 Å². The molecular weight excluding hydrogens is 298 g/mol. The van der Waals surface area contributed by atoms with Crippen molar-refractivity contribution in [3.8, 4) is 5.69 Å². The van der Waals surface area contributed by atoms with Gasteiger partial charge in [0.1, 0.15) is 0 Å². The van der Waals surface area contributed by atoms with E-state index in [0.29, 0.717) is 5.92 Å². The Bertz CT molecular complexity index is 744. The molecule has 0 spiro atoms. The fourth-order valence-electron chi connectivity index (χ4n) is 2.88. The van der Waals surface area contributed by atoms with E-state index in [1.54, 1.807) is 6.20 Å². The standard InChI is InChI=1S/C17H18ClN3O/c1-11-3-6-13(9-15(11)18)21-16(12-4-5-12)14(10-19-21)17(22)20-7-2-8-20/h3,6,9-10,12H,2,4-5,7-8H2,1H3. The van der Waals surface area contributed by atoms with Crippen molar-refractivity contribution in [3.05, 3.63) is 46.2 Å². The van der Waals surface area contributed by atoms with Crippen molar-refractivity contribution in [3.63, 3.8) is 0 Å². The molecule has 4 nitrogen and oxygen atoms in total. The first kappa shape index (κ1) is 13.8. The molecule has 114 valence electrons. The molecule has 1 aromatic carbocycles. The van der Waals surface area contributed by atoms with Crippen LogP contribution in [-0.2, 0) is 0 Å². The van der Waals surface area contributed by atoms with E-state index < -0.39 is 0 Å². The number of carbonyl (C=O) groups excluding carboxylic acids is 1. The van der Waals surface area contributed by atoms with Crippen LogP contribution in [0.4, 0.5) is 0 Å². The van der Waals surface area contributed by atoms with Gasteiger partial charge in [0.2, 0.25) is 0 Å². The Kier molecular flexibility index (Phi) is 3.22. The minimum atomic E-state index is 0.123. The fourth-order valence-corrected chi connectivity index (χ4v) is 3.06. The maximum atomic E-state index is 12.6. The quantitative estimate of drug-likeness (QED) is 0.868. The number of likely N-dealkylation sites (tertiary alicyclic amines) is 1. The molecule has 1 aliphatic carbocycles. The molecule has 0 atom stereocenters. The minimum Gasteiger partial charge on any atom is -0.338 e. The first-order valence-corrected chi connectivity index (χ1v) is 8.16. The second kappa shape index (κ2) is 5.13. The summed E-state index contributed by atoms with van der Waals surface area (Å²) in [6.45, 7) is 3.71. The van der Waals surface area contributed by atoms with Gasteiger partial charge in [0.25, 0.3) is 5.91 Å². The second-order valence-electron chi connectivity index (χ2n) is 6.21. The lowest BCUT2D eigenvalue weighted by atomic mass is 10.1. The zero-order valence-corrected chi connectivity index (χ0v) is 13.3. The average Bonchev–Trinajstić information content (AvgIpc) is 3.18. The zero-order chi connectivity index (χ0) is 15.3. The number of hydrogen-bond acceptors (Lipinski definition) is 2. The molecule has 1 saturated carbocycles. The number of carbonyl (C=O) groups is 1. The summed E-state index contributed by atoms with van der Waals surface area (Å²) in [5.41, 5.74) is 3.79. The number of aromatic nitrogens is 2. The lowest BCUT2D eigenvalue weighted by Crippen LogP contribution is -2.42. The molecule has 2 fully saturated rings. The lowest BCUT2D eigenvalue weighted by molar-refractivity contribution is 0.0650. The van der Waals surface area contributed by atoms with E-state index in [2.05, 4.69) is 5.10 Å². The number of aryl methyl sites for hydroxylation is 1. The Morgan fingerprint density at radius 1 is 1.32 bits per heavy atom. The highest BCUT2D eigenvalue weighted by atomic mass is 35.5. The van der Waals surface area contributed by atoms with Gasteiger partial charge in [0.15, 0.2) is 0 Å². The Balaban J connectivity index is 1.77. The summed E-state index contributed by atoms with van der Waals surface area (Å²) in [5, 5.41) is 5.22. The van der Waals surface area contributed by atoms with Gasteiger partial charge < -0.3 is 4.90 Å². The van der Waals surface area contributed by atoms with Crippen molar-refractivity contribution in [1.82, 2.24) is 14.7 Å². The summed E-state index contributed by atoms with van der Waals surface area (Å²) >= 11 is 6.25. The largest absolute Gasteiger partial charge is 0.338 e. The smallest absolute Gasteiger partial charge is 0.257 e. The molecule has 1 aromatic heterocycles. The first-order valence-electron chi connectivity index (χ1n) is 7.79. The van der Waals surface area contributed by atoms with E-state index in [4.69, 9.17) is 11.6 Å². The van der Waals surface area contributed by atoms with Crippen LogP contribution in [0.25, 0.3) is 5.69 Å². The molecule has 1 saturated heterocycles. The van der Waals surface area contributed by atoms with Gasteiger partial charge in [-0.25, -0.2) is 4.68 Å². The molecule has 1 amide bonds. The van der Waals surface area contributed by atoms with E-state index in [1.807, 2.05) is 34.7 Å². The molecule has 0 N–H and O–H groups in total. The topological polar surface area (TPSA) is 38.1 Å². The van der Waals surface area contributed by atoms with Crippen LogP contribution in [-0.4, -0.2) is 33.7 Å². The first-order chi connectivity index (χ1) is 10.6. The van der Waals surface area contributed by atoms with Crippen molar-refractivity contribution >= 4 is 17.5 Å². The van der Waals surface area contributed by atoms with Gasteiger partial charge >= 0.3 is 0 Å². The highest BCUT2D eigenvalue weighted by molar-refractivity contribution is 6.31. The van der Waals surface area contributed by atoms with Crippen molar-refractivity contribution < 1.29 is 4.79 Å². The molecule has 0 bridgehead atoms. The number of nitrogens with zero attached hydrogens (tertiary/aromatic N) is 3. The van der Waals surface area contributed by atoms with Crippen LogP contribution in [0.2, 0.25) is 5.02 Å². The number of benzene rings is 1. The van der Waals surface area contributed by atoms with Gasteiger partial charge in [-0.15, -0.1) is 0 Å². The molecule has 4 rings (SSSR count). The Morgan fingerprint density at radius 2 is 2.09 bits per heavy atom. The van der Waals surface area contributed by atoms with E-state index in [-0.39, 0.29) is 5.91 Å². The number of amides is 1. The molecule has 1 aliphatic heterocycles. The Morgan fingerprint density at radius 3 is 2.68 bits per heavy atom. The molecule has 2 aromatic rings. The van der Waals surface area contributed by atoms with E-state index in [9.17, 15) is 4.79 Å². The lowest BCUT2D eigenvalue weighted by Gasteiger charge is -2.30. The predicted molar refractivity (Wildman–Crippen MR) is 85.8 cm³/mol. The molecule has 2 aliphatic rings. The van der Waals surface area contributed by atoms with Gasteiger partial charge in [0.05, 0.1) is 23.1 Å². The fraction of sp³-hybridized carbons (Fsp3) is 0.412. The minimum absolute atomic E-state index is 0.123. The van der Waals surface area contributed by atoms with Crippen molar-refractivity contribution in [2.24, 2.45) is 0 Å². The van der Waals surface area contributed by atoms with E-state index in [0.717, 1.165) is 59.9 Å². The van der Waals surface area contributed by atoms with Gasteiger partial charge in [-0.05, 0) is 43.9 Å². The van der Waals surface area contributed by atoms with Crippen LogP contribution >= 0.6 is 11.6 Å². The predicted octanol–water partition coefficient (Wildman–Crippen LogP) is 3.56. The second-order valence-corrected chi connectivity index (χ2v) is 6.62. The van der Waals surface area contributed by atoms with Gasteiger partial charge in [-0.3, -0.25) is 4.79 Å². The summed E-state index contributed by atoms with van der Waals surface area (Å²) in [4.78, 5) is 14.5. The maximum Gasteiger partial charge on any atom is 0.257 e. The number of rotatable bonds is 3. The molecular formula is C17H18ClN3O. The summed E-state index contributed by atoms with van der Waals surface area (Å²) in [6.07, 6.45) is 5.09. The van der Waals surface area contributed by atoms with Crippen molar-refractivity contribution in [2.75, 3.05) is 13.1 Å². The van der Waals surface area contributed by atoms with Crippen molar-refractivity contribution in [1.29, 1.82) is 0 Å². The molecule has 5 heteroatoms. The number of halogens is 1. The Labute approximate surface area is 134 Å². The van der Waals surface area contributed by atoms with E-state index >= 15 is 0 Å². The van der Waals surface area contributed by atoms with Crippen LogP contribution in [0.1, 0.15) is 46.8 Å². The average molecular weight is 316 g/mol. The van der Waals surface area contributed by atoms with Gasteiger partial charge in [-0.1, -0.05) is 17.7 Å². The third kappa shape index (κ3) is 2.22. The van der Waals surface area contributed by atoms with Crippen LogP contribution in [0.3, 0.4) is 0 Å². The zero-order valence-electron chi connectivity index (χ0n) is 12.6. The van der Waals surface area contributed by atoms with Crippen LogP contribution < -0.4 is 0 Å². The summed E-state index contributed by atoms with van der Waals surface area (Å²) in [5.74, 6) is 0.570. The highest BCUT2D eigenvalue weighted by Crippen LogP contribution is 2.43. The molecule has 0 unspecified atom stereocenters. The van der Waals surface area contributed by atoms with Crippen molar-refractivity contribution in [2.45, 2.75) is 32.1 Å². The third-order valence-electron chi connectivity index (χ3n) is 4.54. The van der Waals surface area contributed by atoms with Crippen LogP contribution in [0.5, 0.6) is 0 Å².